The van der Waals surface area contributed by atoms with Gasteiger partial charge in [0.2, 0.25) is 0 Å². The van der Waals surface area contributed by atoms with E-state index in [1.54, 1.807) is 0 Å². The Labute approximate surface area is 127 Å². The molecule has 1 N–H and O–H groups in total. The van der Waals surface area contributed by atoms with Crippen LogP contribution >= 0.6 is 11.6 Å². The van der Waals surface area contributed by atoms with Crippen LogP contribution in [0.15, 0.2) is 42.5 Å². The molecule has 0 bridgehead atoms. The fourth-order valence-corrected chi connectivity index (χ4v) is 2.44. The summed E-state index contributed by atoms with van der Waals surface area (Å²) in [4.78, 5) is 0. The quantitative estimate of drug-likeness (QED) is 0.732. The van der Waals surface area contributed by atoms with Crippen LogP contribution in [0.3, 0.4) is 0 Å². The van der Waals surface area contributed by atoms with Crippen molar-refractivity contribution in [3.63, 3.8) is 0 Å². The molecule has 2 aromatic rings. The van der Waals surface area contributed by atoms with Crippen molar-refractivity contribution in [2.75, 3.05) is 6.54 Å². The van der Waals surface area contributed by atoms with Crippen molar-refractivity contribution in [3.05, 3.63) is 58.6 Å². The molecule has 0 aliphatic rings. The minimum Gasteiger partial charge on any atom is -0.313 e. The van der Waals surface area contributed by atoms with Crippen LogP contribution in [-0.2, 0) is 13.0 Å². The Hall–Kier alpha value is -1.31. The molecular weight excluding hydrogens is 266 g/mol. The molecule has 0 heterocycles. The van der Waals surface area contributed by atoms with Crippen molar-refractivity contribution >= 4 is 11.6 Å². The van der Waals surface area contributed by atoms with E-state index in [2.05, 4.69) is 55.6 Å². The molecule has 20 heavy (non-hydrogen) atoms. The van der Waals surface area contributed by atoms with E-state index in [1.807, 2.05) is 6.07 Å². The second kappa shape index (κ2) is 7.47. The van der Waals surface area contributed by atoms with Crippen molar-refractivity contribution in [2.24, 2.45) is 0 Å². The SMILES string of the molecule is CCCNCc1cc(-c2cccc(CC)c2)ccc1Cl. The first-order valence-electron chi connectivity index (χ1n) is 7.33. The summed E-state index contributed by atoms with van der Waals surface area (Å²) in [6, 6.07) is 15.0. The van der Waals surface area contributed by atoms with E-state index < -0.39 is 0 Å². The average molecular weight is 288 g/mol. The summed E-state index contributed by atoms with van der Waals surface area (Å²) in [5, 5.41) is 4.25. The van der Waals surface area contributed by atoms with Crippen LogP contribution < -0.4 is 5.32 Å². The molecule has 106 valence electrons. The predicted octanol–water partition coefficient (Wildman–Crippen LogP) is 5.07. The van der Waals surface area contributed by atoms with Crippen molar-refractivity contribution < 1.29 is 0 Å². The zero-order valence-electron chi connectivity index (χ0n) is 12.2. The van der Waals surface area contributed by atoms with Crippen LogP contribution in [0.1, 0.15) is 31.4 Å². The Morgan fingerprint density at radius 2 is 1.80 bits per heavy atom. The van der Waals surface area contributed by atoms with Gasteiger partial charge in [0, 0.05) is 11.6 Å². The highest BCUT2D eigenvalue weighted by Crippen LogP contribution is 2.26. The molecule has 0 aliphatic heterocycles. The second-order valence-electron chi connectivity index (χ2n) is 5.04. The molecule has 0 saturated carbocycles. The topological polar surface area (TPSA) is 12.0 Å². The molecule has 0 saturated heterocycles. The number of halogens is 1. The largest absolute Gasteiger partial charge is 0.313 e. The zero-order valence-corrected chi connectivity index (χ0v) is 13.0. The molecule has 2 heteroatoms. The van der Waals surface area contributed by atoms with E-state index in [1.165, 1.54) is 22.3 Å². The highest BCUT2D eigenvalue weighted by Gasteiger charge is 2.04. The molecule has 0 spiro atoms. The maximum atomic E-state index is 6.28. The molecule has 1 nitrogen and oxygen atoms in total. The fourth-order valence-electron chi connectivity index (χ4n) is 2.26. The lowest BCUT2D eigenvalue weighted by Gasteiger charge is -2.10. The van der Waals surface area contributed by atoms with Crippen LogP contribution in [0.4, 0.5) is 0 Å². The van der Waals surface area contributed by atoms with Crippen molar-refractivity contribution in [3.8, 4) is 11.1 Å². The lowest BCUT2D eigenvalue weighted by atomic mass is 10.0. The maximum Gasteiger partial charge on any atom is 0.0451 e. The predicted molar refractivity (Wildman–Crippen MR) is 88.3 cm³/mol. The number of nitrogens with one attached hydrogen (secondary N) is 1. The highest BCUT2D eigenvalue weighted by atomic mass is 35.5. The van der Waals surface area contributed by atoms with Crippen LogP contribution in [0.25, 0.3) is 11.1 Å². The van der Waals surface area contributed by atoms with Gasteiger partial charge in [-0.25, -0.2) is 0 Å². The van der Waals surface area contributed by atoms with Gasteiger partial charge in [-0.3, -0.25) is 0 Å². The molecule has 0 amide bonds. The standard InChI is InChI=1S/C18H22ClN/c1-3-10-20-13-17-12-16(8-9-18(17)19)15-7-5-6-14(4-2)11-15/h5-9,11-12,20H,3-4,10,13H2,1-2H3. The van der Waals surface area contributed by atoms with Gasteiger partial charge in [0.1, 0.15) is 0 Å². The van der Waals surface area contributed by atoms with Gasteiger partial charge < -0.3 is 5.32 Å². The second-order valence-corrected chi connectivity index (χ2v) is 5.44. The first-order valence-corrected chi connectivity index (χ1v) is 7.70. The molecule has 0 aliphatic carbocycles. The van der Waals surface area contributed by atoms with Crippen LogP contribution in [-0.4, -0.2) is 6.54 Å². The van der Waals surface area contributed by atoms with Gasteiger partial charge in [0.05, 0.1) is 0 Å². The van der Waals surface area contributed by atoms with E-state index in [-0.39, 0.29) is 0 Å². The van der Waals surface area contributed by atoms with Gasteiger partial charge in [0.15, 0.2) is 0 Å². The summed E-state index contributed by atoms with van der Waals surface area (Å²) in [5.74, 6) is 0. The zero-order chi connectivity index (χ0) is 14.4. The van der Waals surface area contributed by atoms with Crippen LogP contribution in [0.2, 0.25) is 5.02 Å². The third kappa shape index (κ3) is 3.84. The van der Waals surface area contributed by atoms with E-state index in [9.17, 15) is 0 Å². The Bertz CT molecular complexity index is 563. The van der Waals surface area contributed by atoms with Crippen LogP contribution in [0.5, 0.6) is 0 Å². The molecule has 2 aromatic carbocycles. The molecular formula is C18H22ClN. The Morgan fingerprint density at radius 1 is 1.00 bits per heavy atom. The first-order chi connectivity index (χ1) is 9.74. The fraction of sp³-hybridized carbons (Fsp3) is 0.333. The molecule has 0 aromatic heterocycles. The maximum absolute atomic E-state index is 6.28. The lowest BCUT2D eigenvalue weighted by molar-refractivity contribution is 0.676. The minimum atomic E-state index is 0.827. The number of hydrogen-bond donors (Lipinski definition) is 1. The summed E-state index contributed by atoms with van der Waals surface area (Å²) in [5.41, 5.74) is 5.03. The summed E-state index contributed by atoms with van der Waals surface area (Å²) in [7, 11) is 0. The summed E-state index contributed by atoms with van der Waals surface area (Å²) in [6.45, 7) is 6.20. The van der Waals surface area contributed by atoms with Crippen molar-refractivity contribution in [1.82, 2.24) is 5.32 Å². The Kier molecular flexibility index (Phi) is 5.63. The van der Waals surface area contributed by atoms with Crippen molar-refractivity contribution in [2.45, 2.75) is 33.2 Å². The first kappa shape index (κ1) is 15.1. The van der Waals surface area contributed by atoms with Gasteiger partial charge in [-0.05, 0) is 53.8 Å². The number of hydrogen-bond acceptors (Lipinski definition) is 1. The smallest absolute Gasteiger partial charge is 0.0451 e. The van der Waals surface area contributed by atoms with E-state index in [0.29, 0.717) is 0 Å². The third-order valence-corrected chi connectivity index (χ3v) is 3.83. The number of rotatable bonds is 6. The molecule has 0 fully saturated rings. The average Bonchev–Trinajstić information content (AvgIpc) is 2.49. The Balaban J connectivity index is 2.25. The van der Waals surface area contributed by atoms with Gasteiger partial charge in [-0.2, -0.15) is 0 Å². The summed E-state index contributed by atoms with van der Waals surface area (Å²) < 4.78 is 0. The minimum absolute atomic E-state index is 0.827. The number of benzene rings is 2. The molecule has 2 rings (SSSR count). The van der Waals surface area contributed by atoms with Gasteiger partial charge >= 0.3 is 0 Å². The summed E-state index contributed by atoms with van der Waals surface area (Å²) in [6.07, 6.45) is 2.20. The molecule has 0 unspecified atom stereocenters. The monoisotopic (exact) mass is 287 g/mol. The molecule has 0 radical (unpaired) electrons. The normalized spacial score (nSPS) is 10.8. The van der Waals surface area contributed by atoms with Crippen LogP contribution in [0, 0.1) is 0 Å². The Morgan fingerprint density at radius 3 is 2.55 bits per heavy atom. The highest BCUT2D eigenvalue weighted by molar-refractivity contribution is 6.31. The van der Waals surface area contributed by atoms with Crippen molar-refractivity contribution in [1.29, 1.82) is 0 Å². The van der Waals surface area contributed by atoms with Gasteiger partial charge in [-0.15, -0.1) is 0 Å². The summed E-state index contributed by atoms with van der Waals surface area (Å²) >= 11 is 6.28. The van der Waals surface area contributed by atoms with Gasteiger partial charge in [-0.1, -0.05) is 55.8 Å². The third-order valence-electron chi connectivity index (χ3n) is 3.46. The molecule has 0 atom stereocenters. The van der Waals surface area contributed by atoms with E-state index in [4.69, 9.17) is 11.6 Å². The van der Waals surface area contributed by atoms with Gasteiger partial charge in [0.25, 0.3) is 0 Å². The van der Waals surface area contributed by atoms with E-state index in [0.717, 1.165) is 31.0 Å². The lowest BCUT2D eigenvalue weighted by Crippen LogP contribution is -2.14. The van der Waals surface area contributed by atoms with E-state index >= 15 is 0 Å². The number of aryl methyl sites for hydroxylation is 1.